The van der Waals surface area contributed by atoms with Crippen molar-refractivity contribution < 1.29 is 23.5 Å². The summed E-state index contributed by atoms with van der Waals surface area (Å²) in [6.45, 7) is 1.88. The third-order valence-electron chi connectivity index (χ3n) is 5.77. The Bertz CT molecular complexity index is 1010. The lowest BCUT2D eigenvalue weighted by molar-refractivity contribution is -0.152. The van der Waals surface area contributed by atoms with Gasteiger partial charge in [0.1, 0.15) is 11.7 Å². The van der Waals surface area contributed by atoms with Gasteiger partial charge in [-0.3, -0.25) is 14.4 Å². The molecule has 1 heterocycles. The molecule has 2 aliphatic rings. The average molecular weight is 407 g/mol. The minimum atomic E-state index is -0.982. The number of nitrogens with one attached hydrogen (secondary N) is 1. The second kappa shape index (κ2) is 8.22. The lowest BCUT2D eigenvalue weighted by Crippen LogP contribution is -2.44. The van der Waals surface area contributed by atoms with Crippen molar-refractivity contribution in [2.75, 3.05) is 6.61 Å². The normalized spacial score (nSPS) is 23.6. The third-order valence-corrected chi connectivity index (χ3v) is 5.77. The summed E-state index contributed by atoms with van der Waals surface area (Å²) in [5, 5.41) is 2.84. The predicted octanol–water partition coefficient (Wildman–Crippen LogP) is 3.62. The number of ether oxygens (including phenoxy) is 1. The number of hydrogen-bond donors (Lipinski definition) is 1. The zero-order valence-corrected chi connectivity index (χ0v) is 16.6. The second-order valence-electron chi connectivity index (χ2n) is 7.56. The molecule has 1 aliphatic carbocycles. The molecule has 0 spiro atoms. The van der Waals surface area contributed by atoms with E-state index in [2.05, 4.69) is 5.32 Å². The first-order valence-electron chi connectivity index (χ1n) is 10.0. The topological polar surface area (TPSA) is 72.5 Å². The minimum absolute atomic E-state index is 0.0712. The molecule has 30 heavy (non-hydrogen) atoms. The highest BCUT2D eigenvalue weighted by molar-refractivity contribution is 6.12. The Morgan fingerprint density at radius 1 is 1.03 bits per heavy atom. The molecular formula is C24H22FNO4. The number of hydrogen-bond acceptors (Lipinski definition) is 4. The Kier molecular flexibility index (Phi) is 5.48. The lowest BCUT2D eigenvalue weighted by atomic mass is 9.68. The molecule has 5 nitrogen and oxygen atoms in total. The van der Waals surface area contributed by atoms with E-state index in [-0.39, 0.29) is 24.7 Å². The van der Waals surface area contributed by atoms with Crippen molar-refractivity contribution in [2.24, 2.45) is 5.92 Å². The van der Waals surface area contributed by atoms with Crippen LogP contribution in [0, 0.1) is 11.7 Å². The summed E-state index contributed by atoms with van der Waals surface area (Å²) in [6, 6.07) is 15.1. The van der Waals surface area contributed by atoms with E-state index in [4.69, 9.17) is 4.74 Å². The molecule has 2 aromatic rings. The van der Waals surface area contributed by atoms with Gasteiger partial charge in [0.15, 0.2) is 5.78 Å². The van der Waals surface area contributed by atoms with Gasteiger partial charge in [-0.25, -0.2) is 4.39 Å². The highest BCUT2D eigenvalue weighted by atomic mass is 19.1. The molecule has 154 valence electrons. The summed E-state index contributed by atoms with van der Waals surface area (Å²) in [7, 11) is 0. The molecule has 2 aromatic carbocycles. The van der Waals surface area contributed by atoms with Crippen LogP contribution < -0.4 is 5.32 Å². The molecule has 0 bridgehead atoms. The summed E-state index contributed by atoms with van der Waals surface area (Å²) < 4.78 is 18.7. The van der Waals surface area contributed by atoms with Crippen LogP contribution in [-0.2, 0) is 19.1 Å². The number of Topliss-reactive ketones (excluding diaryl/α,β-unsaturated/α-hetero) is 1. The van der Waals surface area contributed by atoms with Gasteiger partial charge in [-0.2, -0.15) is 0 Å². The zero-order valence-electron chi connectivity index (χ0n) is 16.6. The van der Waals surface area contributed by atoms with Crippen molar-refractivity contribution in [3.05, 3.63) is 82.8 Å². The van der Waals surface area contributed by atoms with E-state index in [0.717, 1.165) is 5.56 Å². The number of esters is 1. The van der Waals surface area contributed by atoms with Crippen molar-refractivity contribution in [1.29, 1.82) is 0 Å². The molecule has 0 saturated carbocycles. The quantitative estimate of drug-likeness (QED) is 0.621. The monoisotopic (exact) mass is 407 g/mol. The number of ketones is 1. The van der Waals surface area contributed by atoms with Gasteiger partial charge in [0, 0.05) is 29.5 Å². The summed E-state index contributed by atoms with van der Waals surface area (Å²) in [4.78, 5) is 38.9. The van der Waals surface area contributed by atoms with Crippen molar-refractivity contribution in [3.63, 3.8) is 0 Å². The van der Waals surface area contributed by atoms with Gasteiger partial charge >= 0.3 is 5.97 Å². The highest BCUT2D eigenvalue weighted by Gasteiger charge is 2.47. The molecule has 0 fully saturated rings. The van der Waals surface area contributed by atoms with E-state index < -0.39 is 29.5 Å². The van der Waals surface area contributed by atoms with E-state index in [1.807, 2.05) is 30.3 Å². The van der Waals surface area contributed by atoms with Crippen LogP contribution in [0.15, 0.2) is 65.9 Å². The van der Waals surface area contributed by atoms with Crippen LogP contribution >= 0.6 is 0 Å². The molecule has 0 radical (unpaired) electrons. The van der Waals surface area contributed by atoms with Gasteiger partial charge in [0.25, 0.3) is 0 Å². The van der Waals surface area contributed by atoms with E-state index in [9.17, 15) is 18.8 Å². The van der Waals surface area contributed by atoms with Gasteiger partial charge in [-0.15, -0.1) is 0 Å². The standard InChI is InChI=1S/C24H22FNO4/c1-2-30-24(29)22-17(14-6-4-3-5-7-14)12-19-21(23(22)28)18(13-20(27)26-19)15-8-10-16(25)11-9-15/h3-11,17-18,22H,2,12-13H2,1H3,(H,26,27)/t17-,18-,22-/m0/s1. The first-order chi connectivity index (χ1) is 14.5. The fourth-order valence-electron chi connectivity index (χ4n) is 4.45. The Labute approximate surface area is 173 Å². The third kappa shape index (κ3) is 3.65. The van der Waals surface area contributed by atoms with Crippen LogP contribution in [0.25, 0.3) is 0 Å². The molecule has 0 saturated heterocycles. The number of benzene rings is 2. The Morgan fingerprint density at radius 3 is 2.40 bits per heavy atom. The molecule has 4 rings (SSSR count). The van der Waals surface area contributed by atoms with E-state index >= 15 is 0 Å². The molecule has 0 aromatic heterocycles. The summed E-state index contributed by atoms with van der Waals surface area (Å²) in [5.41, 5.74) is 2.48. The van der Waals surface area contributed by atoms with E-state index in [1.54, 1.807) is 19.1 Å². The second-order valence-corrected chi connectivity index (χ2v) is 7.56. The Balaban J connectivity index is 1.81. The summed E-state index contributed by atoms with van der Waals surface area (Å²) in [6.07, 6.45) is 0.416. The van der Waals surface area contributed by atoms with Crippen LogP contribution in [0.5, 0.6) is 0 Å². The van der Waals surface area contributed by atoms with Gasteiger partial charge in [-0.1, -0.05) is 42.5 Å². The maximum atomic E-state index is 13.6. The number of rotatable bonds is 4. The SMILES string of the molecule is CCOC(=O)[C@@H]1C(=O)C2=C(C[C@H]1c1ccccc1)NC(=O)C[C@H]2c1ccc(F)cc1. The Hall–Kier alpha value is -3.28. The van der Waals surface area contributed by atoms with Crippen LogP contribution in [-0.4, -0.2) is 24.3 Å². The fourth-order valence-corrected chi connectivity index (χ4v) is 4.45. The molecule has 6 heteroatoms. The van der Waals surface area contributed by atoms with E-state index in [0.29, 0.717) is 23.3 Å². The Morgan fingerprint density at radius 2 is 1.73 bits per heavy atom. The molecule has 0 unspecified atom stereocenters. The minimum Gasteiger partial charge on any atom is -0.465 e. The van der Waals surface area contributed by atoms with Crippen molar-refractivity contribution >= 4 is 17.7 Å². The van der Waals surface area contributed by atoms with Crippen LogP contribution in [0.3, 0.4) is 0 Å². The summed E-state index contributed by atoms with van der Waals surface area (Å²) in [5.74, 6) is -3.41. The number of amides is 1. The van der Waals surface area contributed by atoms with Crippen LogP contribution in [0.4, 0.5) is 4.39 Å². The number of carbonyl (C=O) groups excluding carboxylic acids is 3. The molecule has 3 atom stereocenters. The lowest BCUT2D eigenvalue weighted by Gasteiger charge is -2.38. The van der Waals surface area contributed by atoms with Gasteiger partial charge in [0.2, 0.25) is 5.91 Å². The fraction of sp³-hybridized carbons (Fsp3) is 0.292. The number of allylic oxidation sites excluding steroid dienone is 2. The van der Waals surface area contributed by atoms with Gasteiger partial charge in [0.05, 0.1) is 6.61 Å². The van der Waals surface area contributed by atoms with Gasteiger partial charge in [-0.05, 0) is 36.6 Å². The summed E-state index contributed by atoms with van der Waals surface area (Å²) >= 11 is 0. The average Bonchev–Trinajstić information content (AvgIpc) is 2.74. The molecular weight excluding hydrogens is 385 g/mol. The molecule has 1 aliphatic heterocycles. The number of halogens is 1. The smallest absolute Gasteiger partial charge is 0.317 e. The van der Waals surface area contributed by atoms with Crippen molar-refractivity contribution in [3.8, 4) is 0 Å². The van der Waals surface area contributed by atoms with Crippen molar-refractivity contribution in [1.82, 2.24) is 5.32 Å². The number of carbonyl (C=O) groups is 3. The first kappa shape index (κ1) is 20.0. The largest absolute Gasteiger partial charge is 0.465 e. The van der Waals surface area contributed by atoms with Crippen molar-refractivity contribution in [2.45, 2.75) is 31.6 Å². The molecule has 1 N–H and O–H groups in total. The maximum Gasteiger partial charge on any atom is 0.317 e. The molecule has 1 amide bonds. The highest BCUT2D eigenvalue weighted by Crippen LogP contribution is 2.45. The van der Waals surface area contributed by atoms with Crippen LogP contribution in [0.1, 0.15) is 42.7 Å². The maximum absolute atomic E-state index is 13.6. The zero-order chi connectivity index (χ0) is 21.3. The van der Waals surface area contributed by atoms with Gasteiger partial charge < -0.3 is 10.1 Å². The van der Waals surface area contributed by atoms with E-state index in [1.165, 1.54) is 12.1 Å². The first-order valence-corrected chi connectivity index (χ1v) is 10.0. The predicted molar refractivity (Wildman–Crippen MR) is 108 cm³/mol. The van der Waals surface area contributed by atoms with Crippen LogP contribution in [0.2, 0.25) is 0 Å².